The van der Waals surface area contributed by atoms with Crippen LogP contribution in [0, 0.1) is 0 Å². The third-order valence-electron chi connectivity index (χ3n) is 6.57. The molecular weight excluding hydrogens is 374 g/mol. The molecule has 0 spiro atoms. The van der Waals surface area contributed by atoms with Crippen LogP contribution in [0.5, 0.6) is 0 Å². The number of fused-ring (bicyclic) bond motifs is 1. The standard InChI is InChI=1S/C24H35N5O/c1-2-29-22-10-9-20(26-13-7-8-19-11-14-25-15-12-19)18-21(22)23(27-29)24(30)28-16-5-3-4-6-17-28/h11-12,14-15,20,26H,2-10,13,16-18H2,1H3/t20-/m0/s1. The van der Waals surface area contributed by atoms with Crippen molar-refractivity contribution in [2.45, 2.75) is 77.3 Å². The number of likely N-dealkylation sites (tertiary alicyclic amines) is 1. The van der Waals surface area contributed by atoms with Crippen LogP contribution < -0.4 is 5.32 Å². The van der Waals surface area contributed by atoms with Crippen molar-refractivity contribution in [2.24, 2.45) is 0 Å². The number of rotatable bonds is 7. The Bertz CT molecular complexity index is 824. The molecule has 1 fully saturated rings. The monoisotopic (exact) mass is 409 g/mol. The second kappa shape index (κ2) is 10.2. The molecule has 1 aliphatic carbocycles. The maximum absolute atomic E-state index is 13.3. The smallest absolute Gasteiger partial charge is 0.274 e. The van der Waals surface area contributed by atoms with E-state index in [1.54, 1.807) is 0 Å². The lowest BCUT2D eigenvalue weighted by molar-refractivity contribution is 0.0753. The average Bonchev–Trinajstić information content (AvgIpc) is 2.95. The average molecular weight is 410 g/mol. The Morgan fingerprint density at radius 3 is 2.67 bits per heavy atom. The summed E-state index contributed by atoms with van der Waals surface area (Å²) in [7, 11) is 0. The van der Waals surface area contributed by atoms with E-state index in [-0.39, 0.29) is 5.91 Å². The normalized spacial score (nSPS) is 19.4. The summed E-state index contributed by atoms with van der Waals surface area (Å²) in [6, 6.07) is 4.61. The molecule has 2 aliphatic rings. The Labute approximate surface area is 180 Å². The second-order valence-corrected chi connectivity index (χ2v) is 8.65. The van der Waals surface area contributed by atoms with Gasteiger partial charge in [-0.2, -0.15) is 5.10 Å². The van der Waals surface area contributed by atoms with Gasteiger partial charge in [-0.3, -0.25) is 14.5 Å². The van der Waals surface area contributed by atoms with E-state index < -0.39 is 0 Å². The molecule has 1 N–H and O–H groups in total. The lowest BCUT2D eigenvalue weighted by Crippen LogP contribution is -2.37. The molecular formula is C24H35N5O. The van der Waals surface area contributed by atoms with Gasteiger partial charge in [0.2, 0.25) is 0 Å². The number of carbonyl (C=O) groups excluding carboxylic acids is 1. The van der Waals surface area contributed by atoms with Crippen LogP contribution in [0.2, 0.25) is 0 Å². The number of amides is 1. The van der Waals surface area contributed by atoms with E-state index in [1.807, 2.05) is 17.3 Å². The second-order valence-electron chi connectivity index (χ2n) is 8.65. The van der Waals surface area contributed by atoms with Gasteiger partial charge in [-0.15, -0.1) is 0 Å². The molecule has 2 aromatic rings. The van der Waals surface area contributed by atoms with Crippen molar-refractivity contribution in [3.8, 4) is 0 Å². The molecule has 1 aliphatic heterocycles. The number of nitrogens with zero attached hydrogens (tertiary/aromatic N) is 4. The molecule has 0 aromatic carbocycles. The molecule has 0 saturated carbocycles. The number of carbonyl (C=O) groups is 1. The van der Waals surface area contributed by atoms with Gasteiger partial charge >= 0.3 is 0 Å². The van der Waals surface area contributed by atoms with Crippen LogP contribution in [0.15, 0.2) is 24.5 Å². The van der Waals surface area contributed by atoms with E-state index in [4.69, 9.17) is 5.10 Å². The van der Waals surface area contributed by atoms with Crippen molar-refractivity contribution >= 4 is 5.91 Å². The summed E-state index contributed by atoms with van der Waals surface area (Å²) < 4.78 is 2.07. The first kappa shape index (κ1) is 21.0. The number of hydrogen-bond donors (Lipinski definition) is 1. The number of hydrogen-bond acceptors (Lipinski definition) is 4. The van der Waals surface area contributed by atoms with Crippen molar-refractivity contribution in [3.63, 3.8) is 0 Å². The summed E-state index contributed by atoms with van der Waals surface area (Å²) in [5.74, 6) is 0.152. The minimum Gasteiger partial charge on any atom is -0.337 e. The minimum atomic E-state index is 0.152. The molecule has 4 rings (SSSR count). The Kier molecular flexibility index (Phi) is 7.16. The van der Waals surface area contributed by atoms with Crippen LogP contribution in [0.4, 0.5) is 0 Å². The van der Waals surface area contributed by atoms with Gasteiger partial charge in [-0.25, -0.2) is 0 Å². The highest BCUT2D eigenvalue weighted by Crippen LogP contribution is 2.26. The molecule has 1 saturated heterocycles. The van der Waals surface area contributed by atoms with Crippen molar-refractivity contribution in [1.82, 2.24) is 25.0 Å². The SMILES string of the molecule is CCn1nc(C(=O)N2CCCCCC2)c2c1CC[C@H](NCCCc1ccncc1)C2. The molecule has 30 heavy (non-hydrogen) atoms. The zero-order valence-electron chi connectivity index (χ0n) is 18.3. The number of nitrogens with one attached hydrogen (secondary N) is 1. The highest BCUT2D eigenvalue weighted by atomic mass is 16.2. The molecule has 0 radical (unpaired) electrons. The van der Waals surface area contributed by atoms with Gasteiger partial charge in [-0.1, -0.05) is 12.8 Å². The van der Waals surface area contributed by atoms with Gasteiger partial charge in [0, 0.05) is 49.3 Å². The molecule has 162 valence electrons. The van der Waals surface area contributed by atoms with Crippen molar-refractivity contribution in [3.05, 3.63) is 47.0 Å². The van der Waals surface area contributed by atoms with E-state index in [1.165, 1.54) is 29.7 Å². The first-order chi connectivity index (χ1) is 14.8. The summed E-state index contributed by atoms with van der Waals surface area (Å²) >= 11 is 0. The molecule has 0 unspecified atom stereocenters. The zero-order valence-corrected chi connectivity index (χ0v) is 18.3. The van der Waals surface area contributed by atoms with Crippen molar-refractivity contribution in [1.29, 1.82) is 0 Å². The molecule has 2 aromatic heterocycles. The highest BCUT2D eigenvalue weighted by molar-refractivity contribution is 5.94. The molecule has 6 nitrogen and oxygen atoms in total. The first-order valence-electron chi connectivity index (χ1n) is 11.8. The Balaban J connectivity index is 1.39. The van der Waals surface area contributed by atoms with Gasteiger partial charge in [0.1, 0.15) is 0 Å². The number of aromatic nitrogens is 3. The zero-order chi connectivity index (χ0) is 20.8. The lowest BCUT2D eigenvalue weighted by Gasteiger charge is -2.25. The topological polar surface area (TPSA) is 63.1 Å². The fraction of sp³-hybridized carbons (Fsp3) is 0.625. The molecule has 1 amide bonds. The van der Waals surface area contributed by atoms with Gasteiger partial charge in [0.25, 0.3) is 5.91 Å². The Hall–Kier alpha value is -2.21. The van der Waals surface area contributed by atoms with Crippen LogP contribution in [0.25, 0.3) is 0 Å². The van der Waals surface area contributed by atoms with Gasteiger partial charge in [0.15, 0.2) is 5.69 Å². The van der Waals surface area contributed by atoms with Crippen LogP contribution in [0.1, 0.15) is 72.8 Å². The fourth-order valence-corrected chi connectivity index (χ4v) is 4.87. The van der Waals surface area contributed by atoms with E-state index in [0.717, 1.165) is 76.8 Å². The predicted octanol–water partition coefficient (Wildman–Crippen LogP) is 3.39. The number of aryl methyl sites for hydroxylation is 2. The largest absolute Gasteiger partial charge is 0.337 e. The van der Waals surface area contributed by atoms with Gasteiger partial charge < -0.3 is 10.2 Å². The fourth-order valence-electron chi connectivity index (χ4n) is 4.87. The lowest BCUT2D eigenvalue weighted by atomic mass is 9.91. The highest BCUT2D eigenvalue weighted by Gasteiger charge is 2.30. The van der Waals surface area contributed by atoms with E-state index in [9.17, 15) is 4.79 Å². The maximum atomic E-state index is 13.3. The molecule has 6 heteroatoms. The minimum absolute atomic E-state index is 0.152. The van der Waals surface area contributed by atoms with E-state index in [2.05, 4.69) is 34.0 Å². The van der Waals surface area contributed by atoms with Gasteiger partial charge in [0.05, 0.1) is 0 Å². The Morgan fingerprint density at radius 2 is 1.93 bits per heavy atom. The molecule has 0 bridgehead atoms. The maximum Gasteiger partial charge on any atom is 0.274 e. The summed E-state index contributed by atoms with van der Waals surface area (Å²) in [4.78, 5) is 19.4. The summed E-state index contributed by atoms with van der Waals surface area (Å²) in [6.45, 7) is 5.71. The summed E-state index contributed by atoms with van der Waals surface area (Å²) in [6.07, 6.45) is 13.6. The van der Waals surface area contributed by atoms with Crippen molar-refractivity contribution in [2.75, 3.05) is 19.6 Å². The summed E-state index contributed by atoms with van der Waals surface area (Å²) in [5, 5.41) is 8.52. The molecule has 3 heterocycles. The van der Waals surface area contributed by atoms with E-state index >= 15 is 0 Å². The first-order valence-corrected chi connectivity index (χ1v) is 11.8. The predicted molar refractivity (Wildman–Crippen MR) is 119 cm³/mol. The summed E-state index contributed by atoms with van der Waals surface area (Å²) in [5.41, 5.74) is 4.54. The van der Waals surface area contributed by atoms with Crippen LogP contribution in [-0.2, 0) is 25.8 Å². The van der Waals surface area contributed by atoms with Crippen LogP contribution >= 0.6 is 0 Å². The van der Waals surface area contributed by atoms with Crippen molar-refractivity contribution < 1.29 is 4.79 Å². The van der Waals surface area contributed by atoms with Gasteiger partial charge in [-0.05, 0) is 76.1 Å². The van der Waals surface area contributed by atoms with Crippen LogP contribution in [-0.4, -0.2) is 51.2 Å². The van der Waals surface area contributed by atoms with Crippen LogP contribution in [0.3, 0.4) is 0 Å². The number of pyridine rings is 1. The quantitative estimate of drug-likeness (QED) is 0.712. The molecule has 1 atom stereocenters. The third kappa shape index (κ3) is 4.91. The Morgan fingerprint density at radius 1 is 1.17 bits per heavy atom. The van der Waals surface area contributed by atoms with E-state index in [0.29, 0.717) is 6.04 Å². The third-order valence-corrected chi connectivity index (χ3v) is 6.57.